The molecule has 3 heterocycles. The van der Waals surface area contributed by atoms with E-state index >= 15 is 0 Å². The maximum atomic E-state index is 11.9. The SMILES string of the molecule is C=C/C(=N\C(OC)=C(/C)CNC[C@@H]1CCC(=O)N1)c1cccc(-c2cccc3c2CC[C@@H]3Oc2nc(OC)c(CN3CC4CCC3C4C(=O)O)cc2Cl)c1Cl. The summed E-state index contributed by atoms with van der Waals surface area (Å²) in [7, 11) is 3.16. The third-order valence-corrected chi connectivity index (χ3v) is 12.1. The molecule has 3 unspecified atom stereocenters. The van der Waals surface area contributed by atoms with Crippen LogP contribution in [0.1, 0.15) is 67.4 Å². The van der Waals surface area contributed by atoms with Gasteiger partial charge in [-0.15, -0.1) is 0 Å². The summed E-state index contributed by atoms with van der Waals surface area (Å²) in [6.45, 7) is 8.45. The van der Waals surface area contributed by atoms with E-state index in [0.29, 0.717) is 59.5 Å². The molecule has 11 nitrogen and oxygen atoms in total. The Labute approximate surface area is 331 Å². The average Bonchev–Trinajstić information content (AvgIpc) is 3.97. The summed E-state index contributed by atoms with van der Waals surface area (Å²) in [6.07, 6.45) is 6.09. The molecule has 1 amide bonds. The summed E-state index contributed by atoms with van der Waals surface area (Å²) in [5, 5.41) is 17.1. The number of allylic oxidation sites excluding steroid dienone is 1. The van der Waals surface area contributed by atoms with Crippen molar-refractivity contribution in [1.82, 2.24) is 20.5 Å². The van der Waals surface area contributed by atoms with Crippen LogP contribution in [0.2, 0.25) is 10.0 Å². The zero-order valence-electron chi connectivity index (χ0n) is 31.4. The van der Waals surface area contributed by atoms with E-state index in [4.69, 9.17) is 47.4 Å². The number of carbonyl (C=O) groups excluding carboxylic acids is 1. The molecule has 0 radical (unpaired) electrons. The molecule has 0 spiro atoms. The number of nitrogens with one attached hydrogen (secondary N) is 2. The minimum atomic E-state index is -0.718. The van der Waals surface area contributed by atoms with Crippen molar-refractivity contribution >= 4 is 40.8 Å². The number of ether oxygens (including phenoxy) is 3. The summed E-state index contributed by atoms with van der Waals surface area (Å²) >= 11 is 14.0. The van der Waals surface area contributed by atoms with Gasteiger partial charge in [-0.1, -0.05) is 66.2 Å². The first-order valence-corrected chi connectivity index (χ1v) is 19.6. The molecule has 2 aliphatic carbocycles. The third-order valence-electron chi connectivity index (χ3n) is 11.4. The van der Waals surface area contributed by atoms with Gasteiger partial charge >= 0.3 is 5.97 Å². The standard InChI is InChI=1S/C42H47Cl2N5O6/c1-5-33(47-39(53-3)23(2)19-45-20-26-13-17-36(50)46-26)31-11-7-10-30(38(31)44)27-8-6-9-29-28(27)14-16-35(29)55-41-32(43)18-25(40(48-41)54-4)22-49-21-24-12-15-34(49)37(24)42(51)52/h5-11,18,24,26,34-35,37,45H,1,12-17,19-22H2,2-4H3,(H,46,50)(H,51,52)/b39-23-,47-33+/t24?,26-,34?,35-,37?/m0/s1. The van der Waals surface area contributed by atoms with Crippen molar-refractivity contribution < 1.29 is 28.9 Å². The number of fused-ring (bicyclic) bond motifs is 3. The van der Waals surface area contributed by atoms with Crippen LogP contribution in [0.3, 0.4) is 0 Å². The van der Waals surface area contributed by atoms with E-state index in [1.807, 2.05) is 37.3 Å². The number of methoxy groups -OCH3 is 2. The fourth-order valence-corrected chi connectivity index (χ4v) is 9.33. The molecule has 1 saturated carbocycles. The fourth-order valence-electron chi connectivity index (χ4n) is 8.79. The van der Waals surface area contributed by atoms with E-state index in [1.54, 1.807) is 20.3 Å². The fraction of sp³-hybridized carbons (Fsp3) is 0.429. The highest BCUT2D eigenvalue weighted by atomic mass is 35.5. The third kappa shape index (κ3) is 7.98. The number of amides is 1. The lowest BCUT2D eigenvalue weighted by molar-refractivity contribution is -0.142. The van der Waals surface area contributed by atoms with E-state index in [-0.39, 0.29) is 35.9 Å². The number of nitrogens with zero attached hydrogens (tertiary/aromatic N) is 3. The first-order chi connectivity index (χ1) is 26.6. The smallest absolute Gasteiger partial charge is 0.308 e. The quantitative estimate of drug-likeness (QED) is 0.109. The number of likely N-dealkylation sites (tertiary alicyclic amines) is 1. The van der Waals surface area contributed by atoms with Crippen LogP contribution >= 0.6 is 23.2 Å². The monoisotopic (exact) mass is 787 g/mol. The molecule has 4 aliphatic rings. The lowest BCUT2D eigenvalue weighted by Crippen LogP contribution is -2.36. The maximum Gasteiger partial charge on any atom is 0.308 e. The first kappa shape index (κ1) is 38.8. The van der Waals surface area contributed by atoms with Crippen LogP contribution in [0, 0.1) is 11.8 Å². The van der Waals surface area contributed by atoms with Gasteiger partial charge in [-0.25, -0.2) is 4.99 Å². The predicted octanol–water partition coefficient (Wildman–Crippen LogP) is 7.15. The van der Waals surface area contributed by atoms with E-state index in [9.17, 15) is 14.7 Å². The van der Waals surface area contributed by atoms with Crippen LogP contribution in [0.5, 0.6) is 11.8 Å². The Bertz CT molecular complexity index is 2050. The number of benzene rings is 2. The zero-order valence-corrected chi connectivity index (χ0v) is 32.9. The molecule has 2 saturated heterocycles. The van der Waals surface area contributed by atoms with Gasteiger partial charge in [0.15, 0.2) is 0 Å². The molecule has 3 fully saturated rings. The number of carboxylic acids is 1. The van der Waals surface area contributed by atoms with E-state index in [2.05, 4.69) is 34.2 Å². The van der Waals surface area contributed by atoms with Gasteiger partial charge < -0.3 is 30.0 Å². The summed E-state index contributed by atoms with van der Waals surface area (Å²) < 4.78 is 17.9. The lowest BCUT2D eigenvalue weighted by atomic mass is 9.94. The first-order valence-electron chi connectivity index (χ1n) is 18.8. The van der Waals surface area contributed by atoms with E-state index in [1.165, 1.54) is 0 Å². The van der Waals surface area contributed by atoms with Gasteiger partial charge in [-0.2, -0.15) is 4.98 Å². The minimum Gasteiger partial charge on any atom is -0.481 e. The van der Waals surface area contributed by atoms with Gasteiger partial charge in [0.25, 0.3) is 0 Å². The zero-order chi connectivity index (χ0) is 38.8. The van der Waals surface area contributed by atoms with Crippen LogP contribution in [-0.4, -0.2) is 78.5 Å². The number of rotatable bonds is 15. The van der Waals surface area contributed by atoms with Crippen molar-refractivity contribution in [3.8, 4) is 22.9 Å². The molecule has 3 N–H and O–H groups in total. The summed E-state index contributed by atoms with van der Waals surface area (Å²) in [4.78, 5) is 35.2. The Morgan fingerprint density at radius 3 is 2.62 bits per heavy atom. The van der Waals surface area contributed by atoms with Crippen LogP contribution < -0.4 is 20.1 Å². The maximum absolute atomic E-state index is 11.9. The van der Waals surface area contributed by atoms with Crippen LogP contribution in [0.25, 0.3) is 11.1 Å². The Morgan fingerprint density at radius 2 is 1.91 bits per heavy atom. The Balaban J connectivity index is 1.09. The number of carbonyl (C=O) groups is 2. The minimum absolute atomic E-state index is 0.00634. The molecule has 2 aliphatic heterocycles. The highest BCUT2D eigenvalue weighted by Gasteiger charge is 2.50. The summed E-state index contributed by atoms with van der Waals surface area (Å²) in [5.74, 6) is 0.388. The number of halogens is 2. The highest BCUT2D eigenvalue weighted by molar-refractivity contribution is 6.37. The van der Waals surface area contributed by atoms with Gasteiger partial charge in [-0.3, -0.25) is 14.5 Å². The van der Waals surface area contributed by atoms with Gasteiger partial charge in [-0.05, 0) is 73.8 Å². The molecule has 13 heteroatoms. The molecule has 5 atom stereocenters. The van der Waals surface area contributed by atoms with Crippen LogP contribution in [-0.2, 0) is 27.3 Å². The highest BCUT2D eigenvalue weighted by Crippen LogP contribution is 2.46. The number of carboxylic acid groups (broad SMARTS) is 1. The lowest BCUT2D eigenvalue weighted by Gasteiger charge is -2.27. The molecule has 55 heavy (non-hydrogen) atoms. The normalized spacial score (nSPS) is 23.7. The topological polar surface area (TPSA) is 135 Å². The average molecular weight is 789 g/mol. The second kappa shape index (κ2) is 16.8. The van der Waals surface area contributed by atoms with Crippen molar-refractivity contribution in [1.29, 1.82) is 0 Å². The van der Waals surface area contributed by atoms with Crippen molar-refractivity contribution in [3.63, 3.8) is 0 Å². The summed E-state index contributed by atoms with van der Waals surface area (Å²) in [5.41, 5.74) is 7.06. The van der Waals surface area contributed by atoms with E-state index in [0.717, 1.165) is 77.6 Å². The number of aliphatic carboxylic acids is 1. The number of hydrogen-bond donors (Lipinski definition) is 3. The molecular weight excluding hydrogens is 741 g/mol. The number of piperidine rings is 1. The van der Waals surface area contributed by atoms with Crippen molar-refractivity contribution in [2.45, 2.75) is 70.2 Å². The van der Waals surface area contributed by atoms with Gasteiger partial charge in [0.1, 0.15) is 11.1 Å². The molecular formula is C42H47Cl2N5O6. The molecule has 3 aromatic rings. The van der Waals surface area contributed by atoms with Crippen LogP contribution in [0.4, 0.5) is 0 Å². The second-order valence-corrected chi connectivity index (χ2v) is 15.5. The van der Waals surface area contributed by atoms with Gasteiger partial charge in [0.05, 0.1) is 30.9 Å². The Morgan fingerprint density at radius 1 is 1.11 bits per heavy atom. The van der Waals surface area contributed by atoms with Crippen LogP contribution in [0.15, 0.2) is 71.6 Å². The molecule has 1 aromatic heterocycles. The second-order valence-electron chi connectivity index (χ2n) is 14.8. The largest absolute Gasteiger partial charge is 0.481 e. The summed E-state index contributed by atoms with van der Waals surface area (Å²) in [6, 6.07) is 14.0. The number of aromatic nitrogens is 1. The molecule has 290 valence electrons. The van der Waals surface area contributed by atoms with E-state index < -0.39 is 5.97 Å². The Hall–Kier alpha value is -4.42. The van der Waals surface area contributed by atoms with Crippen molar-refractivity contribution in [2.24, 2.45) is 16.8 Å². The molecule has 2 aromatic carbocycles. The van der Waals surface area contributed by atoms with Crippen molar-refractivity contribution in [3.05, 3.63) is 98.9 Å². The predicted molar refractivity (Wildman–Crippen MR) is 213 cm³/mol. The van der Waals surface area contributed by atoms with Gasteiger partial charge in [0, 0.05) is 66.9 Å². The number of hydrogen-bond acceptors (Lipinski definition) is 9. The molecule has 2 bridgehead atoms. The molecule has 7 rings (SSSR count). The van der Waals surface area contributed by atoms with Crippen molar-refractivity contribution in [2.75, 3.05) is 33.9 Å². The number of pyridine rings is 1. The van der Waals surface area contributed by atoms with Gasteiger partial charge in [0.2, 0.25) is 23.6 Å². The Kier molecular flexibility index (Phi) is 11.8. The number of aliphatic imine (C=N–C) groups is 1.